The molecular formula is C12H15F2N. The van der Waals surface area contributed by atoms with Crippen LogP contribution in [-0.2, 0) is 0 Å². The Morgan fingerprint density at radius 2 is 2.00 bits per heavy atom. The molecule has 3 heteroatoms. The van der Waals surface area contributed by atoms with Gasteiger partial charge >= 0.3 is 0 Å². The van der Waals surface area contributed by atoms with Gasteiger partial charge in [-0.25, -0.2) is 8.78 Å². The van der Waals surface area contributed by atoms with E-state index in [1.807, 2.05) is 20.8 Å². The fourth-order valence-corrected chi connectivity index (χ4v) is 2.37. The van der Waals surface area contributed by atoms with Crippen LogP contribution in [0.5, 0.6) is 0 Å². The molecule has 1 aliphatic rings. The summed E-state index contributed by atoms with van der Waals surface area (Å²) in [7, 11) is 0. The number of benzene rings is 1. The van der Waals surface area contributed by atoms with E-state index in [4.69, 9.17) is 0 Å². The Labute approximate surface area is 88.5 Å². The molecule has 1 aromatic carbocycles. The van der Waals surface area contributed by atoms with Crippen LogP contribution in [0.2, 0.25) is 0 Å². The second-order valence-corrected chi connectivity index (χ2v) is 4.94. The Hall–Kier alpha value is -1.12. The number of halogens is 2. The Bertz CT molecular complexity index is 399. The zero-order chi connectivity index (χ0) is 11.2. The molecule has 0 spiro atoms. The summed E-state index contributed by atoms with van der Waals surface area (Å²) < 4.78 is 26.6. The molecule has 1 aromatic rings. The van der Waals surface area contributed by atoms with Gasteiger partial charge < -0.3 is 5.32 Å². The highest BCUT2D eigenvalue weighted by Crippen LogP contribution is 2.40. The van der Waals surface area contributed by atoms with Gasteiger partial charge in [0.15, 0.2) is 11.6 Å². The molecule has 1 aliphatic heterocycles. The third-order valence-electron chi connectivity index (χ3n) is 2.94. The van der Waals surface area contributed by atoms with Gasteiger partial charge in [-0.3, -0.25) is 0 Å². The summed E-state index contributed by atoms with van der Waals surface area (Å²) in [4.78, 5) is 0. The third kappa shape index (κ3) is 1.71. The predicted octanol–water partition coefficient (Wildman–Crippen LogP) is 3.66. The highest BCUT2D eigenvalue weighted by Gasteiger charge is 2.31. The normalized spacial score (nSPS) is 23.1. The number of nitrogens with one attached hydrogen (secondary N) is 1. The Morgan fingerprint density at radius 1 is 1.33 bits per heavy atom. The molecule has 0 saturated carbocycles. The summed E-state index contributed by atoms with van der Waals surface area (Å²) >= 11 is 0. The van der Waals surface area contributed by atoms with Crippen LogP contribution < -0.4 is 5.32 Å². The van der Waals surface area contributed by atoms with E-state index in [1.54, 1.807) is 6.07 Å². The summed E-state index contributed by atoms with van der Waals surface area (Å²) in [5.74, 6) is -1.29. The van der Waals surface area contributed by atoms with Crippen molar-refractivity contribution < 1.29 is 8.78 Å². The van der Waals surface area contributed by atoms with Crippen LogP contribution in [0.1, 0.15) is 38.7 Å². The summed E-state index contributed by atoms with van der Waals surface area (Å²) in [5, 5.41) is 3.06. The monoisotopic (exact) mass is 211 g/mol. The van der Waals surface area contributed by atoms with E-state index < -0.39 is 11.6 Å². The molecule has 2 rings (SSSR count). The number of rotatable bonds is 0. The van der Waals surface area contributed by atoms with Crippen molar-refractivity contribution in [1.29, 1.82) is 0 Å². The zero-order valence-electron chi connectivity index (χ0n) is 9.20. The maximum Gasteiger partial charge on any atom is 0.182 e. The average Bonchev–Trinajstić information content (AvgIpc) is 2.10. The molecule has 15 heavy (non-hydrogen) atoms. The highest BCUT2D eigenvalue weighted by molar-refractivity contribution is 5.58. The van der Waals surface area contributed by atoms with Gasteiger partial charge in [0.25, 0.3) is 0 Å². The molecule has 1 heterocycles. The lowest BCUT2D eigenvalue weighted by atomic mass is 9.82. The molecule has 0 radical (unpaired) electrons. The largest absolute Gasteiger partial charge is 0.377 e. The molecular weight excluding hydrogens is 196 g/mol. The smallest absolute Gasteiger partial charge is 0.182 e. The summed E-state index contributed by atoms with van der Waals surface area (Å²) in [5.41, 5.74) is 1.02. The zero-order valence-corrected chi connectivity index (χ0v) is 9.20. The lowest BCUT2D eigenvalue weighted by molar-refractivity contribution is 0.437. The van der Waals surface area contributed by atoms with Gasteiger partial charge in [-0.15, -0.1) is 0 Å². The molecule has 1 atom stereocenters. The van der Waals surface area contributed by atoms with Gasteiger partial charge in [0, 0.05) is 5.54 Å². The summed E-state index contributed by atoms with van der Waals surface area (Å²) in [6.07, 6.45) is 0.922. The highest BCUT2D eigenvalue weighted by atomic mass is 19.2. The van der Waals surface area contributed by atoms with Gasteiger partial charge in [-0.05, 0) is 37.8 Å². The first-order valence-corrected chi connectivity index (χ1v) is 5.17. The van der Waals surface area contributed by atoms with Crippen LogP contribution in [-0.4, -0.2) is 5.54 Å². The van der Waals surface area contributed by atoms with Crippen LogP contribution in [0, 0.1) is 11.6 Å². The minimum Gasteiger partial charge on any atom is -0.377 e. The Kier molecular flexibility index (Phi) is 2.21. The standard InChI is InChI=1S/C12H15F2N/c1-7-6-12(2,3)15-11-8(7)4-5-9(13)10(11)14/h4-5,7,15H,6H2,1-3H3. The fraction of sp³-hybridized carbons (Fsp3) is 0.500. The van der Waals surface area contributed by atoms with E-state index >= 15 is 0 Å². The van der Waals surface area contributed by atoms with Crippen molar-refractivity contribution >= 4 is 5.69 Å². The molecule has 0 fully saturated rings. The molecule has 82 valence electrons. The number of fused-ring (bicyclic) bond motifs is 1. The van der Waals surface area contributed by atoms with Gasteiger partial charge in [-0.1, -0.05) is 13.0 Å². The molecule has 0 bridgehead atoms. The molecule has 1 N–H and O–H groups in total. The predicted molar refractivity (Wildman–Crippen MR) is 57.1 cm³/mol. The maximum atomic E-state index is 13.6. The van der Waals surface area contributed by atoms with E-state index in [1.165, 1.54) is 6.07 Å². The first-order chi connectivity index (χ1) is 6.91. The molecule has 1 nitrogen and oxygen atoms in total. The van der Waals surface area contributed by atoms with Crippen molar-refractivity contribution in [2.24, 2.45) is 0 Å². The molecule has 1 unspecified atom stereocenters. The third-order valence-corrected chi connectivity index (χ3v) is 2.94. The fourth-order valence-electron chi connectivity index (χ4n) is 2.37. The average molecular weight is 211 g/mol. The van der Waals surface area contributed by atoms with Crippen LogP contribution in [0.25, 0.3) is 0 Å². The molecule has 0 aromatic heterocycles. The van der Waals surface area contributed by atoms with Crippen molar-refractivity contribution in [3.05, 3.63) is 29.3 Å². The minimum absolute atomic E-state index is 0.180. The summed E-state index contributed by atoms with van der Waals surface area (Å²) in [6.45, 7) is 6.03. The lowest BCUT2D eigenvalue weighted by Gasteiger charge is -2.37. The van der Waals surface area contributed by atoms with Crippen LogP contribution in [0.3, 0.4) is 0 Å². The van der Waals surface area contributed by atoms with E-state index in [0.717, 1.165) is 12.0 Å². The first kappa shape index (κ1) is 10.4. The van der Waals surface area contributed by atoms with Gasteiger partial charge in [0.1, 0.15) is 0 Å². The van der Waals surface area contributed by atoms with E-state index in [-0.39, 0.29) is 11.5 Å². The van der Waals surface area contributed by atoms with Gasteiger partial charge in [-0.2, -0.15) is 0 Å². The van der Waals surface area contributed by atoms with Crippen LogP contribution in [0.15, 0.2) is 12.1 Å². The van der Waals surface area contributed by atoms with Crippen molar-refractivity contribution in [1.82, 2.24) is 0 Å². The van der Waals surface area contributed by atoms with E-state index in [2.05, 4.69) is 5.32 Å². The van der Waals surface area contributed by atoms with Crippen LogP contribution in [0.4, 0.5) is 14.5 Å². The van der Waals surface area contributed by atoms with Crippen molar-refractivity contribution in [2.75, 3.05) is 5.32 Å². The Balaban J connectivity index is 2.56. The molecule has 0 amide bonds. The second-order valence-electron chi connectivity index (χ2n) is 4.94. The Morgan fingerprint density at radius 3 is 2.67 bits per heavy atom. The van der Waals surface area contributed by atoms with E-state index in [9.17, 15) is 8.78 Å². The van der Waals surface area contributed by atoms with Crippen molar-refractivity contribution in [2.45, 2.75) is 38.6 Å². The van der Waals surface area contributed by atoms with Crippen molar-refractivity contribution in [3.63, 3.8) is 0 Å². The number of hydrogen-bond acceptors (Lipinski definition) is 1. The number of anilines is 1. The van der Waals surface area contributed by atoms with E-state index in [0.29, 0.717) is 5.69 Å². The van der Waals surface area contributed by atoms with Gasteiger partial charge in [0.2, 0.25) is 0 Å². The van der Waals surface area contributed by atoms with Crippen molar-refractivity contribution in [3.8, 4) is 0 Å². The minimum atomic E-state index is -0.786. The quantitative estimate of drug-likeness (QED) is 0.690. The first-order valence-electron chi connectivity index (χ1n) is 5.17. The summed E-state index contributed by atoms with van der Waals surface area (Å²) in [6, 6.07) is 2.87. The topological polar surface area (TPSA) is 12.0 Å². The number of hydrogen-bond donors (Lipinski definition) is 1. The SMILES string of the molecule is CC1CC(C)(C)Nc2c1ccc(F)c2F. The van der Waals surface area contributed by atoms with Crippen LogP contribution >= 0.6 is 0 Å². The lowest BCUT2D eigenvalue weighted by Crippen LogP contribution is -2.37. The molecule has 0 aliphatic carbocycles. The van der Waals surface area contributed by atoms with Gasteiger partial charge in [0.05, 0.1) is 5.69 Å². The second kappa shape index (κ2) is 3.19. The maximum absolute atomic E-state index is 13.6. The molecule has 0 saturated heterocycles.